The Hall–Kier alpha value is -2.54. The second-order valence-electron chi connectivity index (χ2n) is 7.24. The topological polar surface area (TPSA) is 68.6 Å². The number of hydrogen-bond acceptors (Lipinski definition) is 5. The molecular formula is C19H24N4O3. The smallest absolute Gasteiger partial charge is 0.271 e. The Kier molecular flexibility index (Phi) is 4.55. The lowest BCUT2D eigenvalue weighted by atomic mass is 10.2. The van der Waals surface area contributed by atoms with Crippen LogP contribution < -0.4 is 14.8 Å². The highest BCUT2D eigenvalue weighted by Gasteiger charge is 2.21. The van der Waals surface area contributed by atoms with Gasteiger partial charge in [-0.2, -0.15) is 0 Å². The molecular weight excluding hydrogens is 332 g/mol. The number of nitrogens with one attached hydrogen (secondary N) is 1. The predicted molar refractivity (Wildman–Crippen MR) is 96.1 cm³/mol. The van der Waals surface area contributed by atoms with Gasteiger partial charge in [-0.05, 0) is 23.6 Å². The van der Waals surface area contributed by atoms with Gasteiger partial charge in [0.05, 0.1) is 6.54 Å². The fraction of sp³-hybridized carbons (Fsp3) is 0.474. The summed E-state index contributed by atoms with van der Waals surface area (Å²) >= 11 is 0. The van der Waals surface area contributed by atoms with E-state index in [1.54, 1.807) is 0 Å². The van der Waals surface area contributed by atoms with E-state index in [1.807, 2.05) is 24.4 Å². The van der Waals surface area contributed by atoms with Crippen molar-refractivity contribution in [3.63, 3.8) is 0 Å². The molecule has 0 unspecified atom stereocenters. The van der Waals surface area contributed by atoms with Gasteiger partial charge in [-0.25, -0.2) is 4.98 Å². The Morgan fingerprint density at radius 1 is 1.27 bits per heavy atom. The first-order valence-electron chi connectivity index (χ1n) is 9.03. The summed E-state index contributed by atoms with van der Waals surface area (Å²) in [5, 5.41) is 2.93. The summed E-state index contributed by atoms with van der Waals surface area (Å²) in [5.41, 5.74) is 1.45. The fourth-order valence-corrected chi connectivity index (χ4v) is 3.41. The number of imidazole rings is 1. The van der Waals surface area contributed by atoms with E-state index >= 15 is 0 Å². The number of rotatable bonds is 5. The van der Waals surface area contributed by atoms with Gasteiger partial charge < -0.3 is 19.4 Å². The Balaban J connectivity index is 1.38. The van der Waals surface area contributed by atoms with Crippen LogP contribution in [0.15, 0.2) is 24.4 Å². The maximum Gasteiger partial charge on any atom is 0.271 e. The first-order chi connectivity index (χ1) is 12.6. The highest BCUT2D eigenvalue weighted by atomic mass is 16.7. The summed E-state index contributed by atoms with van der Waals surface area (Å²) in [5.74, 6) is 2.90. The number of benzene rings is 1. The lowest BCUT2D eigenvalue weighted by Gasteiger charge is -2.28. The summed E-state index contributed by atoms with van der Waals surface area (Å²) in [6.45, 7) is 8.85. The van der Waals surface area contributed by atoms with Crippen LogP contribution in [0.5, 0.6) is 11.5 Å². The quantitative estimate of drug-likeness (QED) is 0.888. The predicted octanol–water partition coefficient (Wildman–Crippen LogP) is 2.01. The van der Waals surface area contributed by atoms with E-state index < -0.39 is 0 Å². The van der Waals surface area contributed by atoms with E-state index in [9.17, 15) is 4.79 Å². The number of ether oxygens (including phenoxy) is 2. The molecule has 4 rings (SSSR count). The molecule has 26 heavy (non-hydrogen) atoms. The van der Waals surface area contributed by atoms with E-state index in [1.165, 1.54) is 0 Å². The van der Waals surface area contributed by atoms with E-state index in [4.69, 9.17) is 9.47 Å². The van der Waals surface area contributed by atoms with Crippen LogP contribution in [0, 0.1) is 5.92 Å². The third kappa shape index (κ3) is 3.53. The lowest BCUT2D eigenvalue weighted by Crippen LogP contribution is -2.35. The molecule has 138 valence electrons. The lowest BCUT2D eigenvalue weighted by molar-refractivity contribution is 0.0946. The van der Waals surface area contributed by atoms with E-state index in [0.29, 0.717) is 18.2 Å². The van der Waals surface area contributed by atoms with Crippen LogP contribution >= 0.6 is 0 Å². The number of nitrogens with zero attached hydrogens (tertiary/aromatic N) is 3. The molecule has 0 aliphatic carbocycles. The molecule has 2 aromatic rings. The standard InChI is InChI=1S/C19H24N4O3/c1-13(2)9-22-5-6-23-10-15(21-18(23)11-22)19(24)20-8-14-3-4-16-17(7-14)26-12-25-16/h3-4,7,10,13H,5-6,8-9,11-12H2,1-2H3,(H,20,24). The van der Waals surface area contributed by atoms with Crippen LogP contribution in [-0.4, -0.2) is 40.2 Å². The van der Waals surface area contributed by atoms with Gasteiger partial charge in [-0.1, -0.05) is 19.9 Å². The van der Waals surface area contributed by atoms with Gasteiger partial charge in [-0.15, -0.1) is 0 Å². The van der Waals surface area contributed by atoms with Crippen molar-refractivity contribution in [2.45, 2.75) is 33.5 Å². The van der Waals surface area contributed by atoms with Crippen LogP contribution in [0.3, 0.4) is 0 Å². The monoisotopic (exact) mass is 356 g/mol. The van der Waals surface area contributed by atoms with Crippen molar-refractivity contribution in [3.8, 4) is 11.5 Å². The van der Waals surface area contributed by atoms with Gasteiger partial charge in [0.1, 0.15) is 11.5 Å². The molecule has 2 aliphatic heterocycles. The summed E-state index contributed by atoms with van der Waals surface area (Å²) in [4.78, 5) is 19.4. The summed E-state index contributed by atoms with van der Waals surface area (Å²) < 4.78 is 12.8. The minimum atomic E-state index is -0.153. The molecule has 0 bridgehead atoms. The fourth-order valence-electron chi connectivity index (χ4n) is 3.41. The number of carbonyl (C=O) groups is 1. The largest absolute Gasteiger partial charge is 0.454 e. The van der Waals surface area contributed by atoms with Crippen molar-refractivity contribution < 1.29 is 14.3 Å². The summed E-state index contributed by atoms with van der Waals surface area (Å²) in [6.07, 6.45) is 1.86. The zero-order valence-electron chi connectivity index (χ0n) is 15.2. The minimum Gasteiger partial charge on any atom is -0.454 e. The molecule has 0 fully saturated rings. The van der Waals surface area contributed by atoms with Gasteiger partial charge >= 0.3 is 0 Å². The molecule has 2 aliphatic rings. The highest BCUT2D eigenvalue weighted by Crippen LogP contribution is 2.32. The number of carbonyl (C=O) groups excluding carboxylic acids is 1. The number of amides is 1. The van der Waals surface area contributed by atoms with Crippen LogP contribution in [0.25, 0.3) is 0 Å². The molecule has 1 amide bonds. The molecule has 1 aromatic carbocycles. The normalized spacial score (nSPS) is 16.0. The van der Waals surface area contributed by atoms with Gasteiger partial charge in [0.15, 0.2) is 11.5 Å². The van der Waals surface area contributed by atoms with E-state index in [0.717, 1.165) is 49.1 Å². The number of hydrogen-bond donors (Lipinski definition) is 1. The average Bonchev–Trinajstić information content (AvgIpc) is 3.24. The summed E-state index contributed by atoms with van der Waals surface area (Å²) in [7, 11) is 0. The molecule has 1 aromatic heterocycles. The Morgan fingerprint density at radius 2 is 2.12 bits per heavy atom. The van der Waals surface area contributed by atoms with E-state index in [-0.39, 0.29) is 12.7 Å². The molecule has 7 heteroatoms. The van der Waals surface area contributed by atoms with Crippen molar-refractivity contribution in [2.75, 3.05) is 19.9 Å². The number of fused-ring (bicyclic) bond motifs is 2. The molecule has 1 N–H and O–H groups in total. The molecule has 0 radical (unpaired) electrons. The van der Waals surface area contributed by atoms with Crippen molar-refractivity contribution in [1.82, 2.24) is 19.8 Å². The van der Waals surface area contributed by atoms with Crippen molar-refractivity contribution in [2.24, 2.45) is 5.92 Å². The Bertz CT molecular complexity index is 815. The number of aromatic nitrogens is 2. The second-order valence-corrected chi connectivity index (χ2v) is 7.24. The highest BCUT2D eigenvalue weighted by molar-refractivity contribution is 5.92. The zero-order chi connectivity index (χ0) is 18.1. The molecule has 7 nitrogen and oxygen atoms in total. The first kappa shape index (κ1) is 16.9. The third-order valence-electron chi connectivity index (χ3n) is 4.63. The van der Waals surface area contributed by atoms with Crippen molar-refractivity contribution >= 4 is 5.91 Å². The third-order valence-corrected chi connectivity index (χ3v) is 4.63. The van der Waals surface area contributed by atoms with Crippen LogP contribution in [0.1, 0.15) is 35.7 Å². The molecule has 0 spiro atoms. The van der Waals surface area contributed by atoms with Gasteiger partial charge in [0.2, 0.25) is 6.79 Å². The minimum absolute atomic E-state index is 0.153. The van der Waals surface area contributed by atoms with Gasteiger partial charge in [0.25, 0.3) is 5.91 Å². The van der Waals surface area contributed by atoms with E-state index in [2.05, 4.69) is 33.6 Å². The van der Waals surface area contributed by atoms with Crippen LogP contribution in [0.4, 0.5) is 0 Å². The van der Waals surface area contributed by atoms with Gasteiger partial charge in [-0.3, -0.25) is 9.69 Å². The molecule has 0 saturated carbocycles. The Morgan fingerprint density at radius 3 is 2.96 bits per heavy atom. The SMILES string of the molecule is CC(C)CN1CCn2cc(C(=O)NCc3ccc4c(c3)OCO4)nc2C1. The first-order valence-corrected chi connectivity index (χ1v) is 9.03. The van der Waals surface area contributed by atoms with Crippen LogP contribution in [-0.2, 0) is 19.6 Å². The summed E-state index contributed by atoms with van der Waals surface area (Å²) in [6, 6.07) is 5.68. The maximum atomic E-state index is 12.5. The van der Waals surface area contributed by atoms with Gasteiger partial charge in [0, 0.05) is 32.4 Å². The average molecular weight is 356 g/mol. The molecule has 0 atom stereocenters. The maximum absolute atomic E-state index is 12.5. The second kappa shape index (κ2) is 6.99. The Labute approximate surface area is 152 Å². The molecule has 0 saturated heterocycles. The van der Waals surface area contributed by atoms with Crippen molar-refractivity contribution in [3.05, 3.63) is 41.5 Å². The molecule has 3 heterocycles. The van der Waals surface area contributed by atoms with Crippen LogP contribution in [0.2, 0.25) is 0 Å². The zero-order valence-corrected chi connectivity index (χ0v) is 15.2. The van der Waals surface area contributed by atoms with Crippen molar-refractivity contribution in [1.29, 1.82) is 0 Å².